The van der Waals surface area contributed by atoms with E-state index in [4.69, 9.17) is 21.1 Å². The van der Waals surface area contributed by atoms with Crippen molar-refractivity contribution in [3.05, 3.63) is 22.7 Å². The van der Waals surface area contributed by atoms with E-state index in [-0.39, 0.29) is 0 Å². The monoisotopic (exact) mass is 312 g/mol. The van der Waals surface area contributed by atoms with E-state index in [0.29, 0.717) is 22.6 Å². The number of hydrogen-bond acceptors (Lipinski definition) is 4. The molecule has 1 N–H and O–H groups in total. The first kappa shape index (κ1) is 16.4. The predicted molar refractivity (Wildman–Crippen MR) is 86.5 cm³/mol. The van der Waals surface area contributed by atoms with E-state index < -0.39 is 0 Å². The van der Waals surface area contributed by atoms with Gasteiger partial charge in [0, 0.05) is 19.1 Å². The minimum Gasteiger partial charge on any atom is -0.493 e. The van der Waals surface area contributed by atoms with Crippen molar-refractivity contribution < 1.29 is 9.47 Å². The second kappa shape index (κ2) is 7.87. The van der Waals surface area contributed by atoms with Gasteiger partial charge in [-0.2, -0.15) is 0 Å². The lowest BCUT2D eigenvalue weighted by Crippen LogP contribution is -2.42. The molecule has 1 aliphatic heterocycles. The van der Waals surface area contributed by atoms with Crippen molar-refractivity contribution in [3.63, 3.8) is 0 Å². The highest BCUT2D eigenvalue weighted by atomic mass is 35.5. The topological polar surface area (TPSA) is 33.7 Å². The molecular formula is C16H25ClN2O2. The summed E-state index contributed by atoms with van der Waals surface area (Å²) in [6.07, 6.45) is 3.92. The minimum atomic E-state index is 0.587. The van der Waals surface area contributed by atoms with E-state index >= 15 is 0 Å². The molecule has 1 aliphatic rings. The zero-order chi connectivity index (χ0) is 15.2. The number of piperidine rings is 1. The molecule has 1 fully saturated rings. The fourth-order valence-electron chi connectivity index (χ4n) is 2.86. The van der Waals surface area contributed by atoms with Crippen LogP contribution >= 0.6 is 11.6 Å². The van der Waals surface area contributed by atoms with Crippen LogP contribution in [0.3, 0.4) is 0 Å². The number of nitrogens with one attached hydrogen (secondary N) is 1. The van der Waals surface area contributed by atoms with E-state index in [1.165, 1.54) is 25.8 Å². The molecule has 0 saturated carbocycles. The van der Waals surface area contributed by atoms with Gasteiger partial charge < -0.3 is 19.7 Å². The smallest absolute Gasteiger partial charge is 0.179 e. The Morgan fingerprint density at radius 3 is 2.76 bits per heavy atom. The molecule has 1 aromatic carbocycles. The van der Waals surface area contributed by atoms with E-state index in [1.54, 1.807) is 14.2 Å². The maximum absolute atomic E-state index is 6.22. The molecule has 0 aromatic heterocycles. The van der Waals surface area contributed by atoms with E-state index in [2.05, 4.69) is 17.3 Å². The van der Waals surface area contributed by atoms with Crippen LogP contribution in [0.4, 0.5) is 0 Å². The maximum atomic E-state index is 6.22. The van der Waals surface area contributed by atoms with Gasteiger partial charge in [0.15, 0.2) is 11.5 Å². The standard InChI is InChI=1S/C16H25ClN2O2/c1-19-7-5-4-6-13(19)11-18-10-12-8-14(17)16(21-3)15(9-12)20-2/h8-9,13,18H,4-7,10-11H2,1-3H3. The van der Waals surface area contributed by atoms with Gasteiger partial charge in [0.25, 0.3) is 0 Å². The molecule has 5 heteroatoms. The highest BCUT2D eigenvalue weighted by molar-refractivity contribution is 6.32. The quantitative estimate of drug-likeness (QED) is 0.875. The first-order valence-corrected chi connectivity index (χ1v) is 7.85. The second-order valence-corrected chi connectivity index (χ2v) is 5.98. The summed E-state index contributed by atoms with van der Waals surface area (Å²) < 4.78 is 10.6. The summed E-state index contributed by atoms with van der Waals surface area (Å²) in [4.78, 5) is 2.44. The van der Waals surface area contributed by atoms with E-state index in [0.717, 1.165) is 18.7 Å². The Labute approximate surface area is 132 Å². The summed E-state index contributed by atoms with van der Waals surface area (Å²) in [7, 11) is 5.43. The van der Waals surface area contributed by atoms with E-state index in [1.807, 2.05) is 12.1 Å². The lowest BCUT2D eigenvalue weighted by atomic mass is 10.0. The van der Waals surface area contributed by atoms with Crippen LogP contribution in [0.25, 0.3) is 0 Å². The Morgan fingerprint density at radius 1 is 1.29 bits per heavy atom. The number of nitrogens with zero attached hydrogens (tertiary/aromatic N) is 1. The van der Waals surface area contributed by atoms with Crippen LogP contribution < -0.4 is 14.8 Å². The van der Waals surface area contributed by atoms with Crippen molar-refractivity contribution >= 4 is 11.6 Å². The highest BCUT2D eigenvalue weighted by Crippen LogP contribution is 2.35. The van der Waals surface area contributed by atoms with Crippen molar-refractivity contribution in [3.8, 4) is 11.5 Å². The summed E-state index contributed by atoms with van der Waals surface area (Å²) in [6, 6.07) is 4.54. The van der Waals surface area contributed by atoms with Gasteiger partial charge in [0.05, 0.1) is 19.2 Å². The lowest BCUT2D eigenvalue weighted by molar-refractivity contribution is 0.181. The number of ether oxygens (including phenoxy) is 2. The summed E-state index contributed by atoms with van der Waals surface area (Å²) in [6.45, 7) is 2.99. The van der Waals surface area contributed by atoms with Crippen LogP contribution in [0.1, 0.15) is 24.8 Å². The summed E-state index contributed by atoms with van der Waals surface area (Å²) in [5.41, 5.74) is 1.11. The molecule has 118 valence electrons. The molecule has 0 spiro atoms. The van der Waals surface area contributed by atoms with Crippen molar-refractivity contribution in [2.45, 2.75) is 31.8 Å². The molecule has 4 nitrogen and oxygen atoms in total. The Bertz CT molecular complexity index is 468. The molecule has 2 rings (SSSR count). The minimum absolute atomic E-state index is 0.587. The zero-order valence-electron chi connectivity index (χ0n) is 13.1. The van der Waals surface area contributed by atoms with Crippen LogP contribution in [-0.4, -0.2) is 45.3 Å². The van der Waals surface area contributed by atoms with Gasteiger partial charge in [-0.1, -0.05) is 18.0 Å². The lowest BCUT2D eigenvalue weighted by Gasteiger charge is -2.32. The number of hydrogen-bond donors (Lipinski definition) is 1. The summed E-state index contributed by atoms with van der Waals surface area (Å²) in [5, 5.41) is 4.11. The molecule has 0 radical (unpaired) electrons. The number of halogens is 1. The molecule has 0 aliphatic carbocycles. The third-order valence-corrected chi connectivity index (χ3v) is 4.40. The molecule has 1 heterocycles. The second-order valence-electron chi connectivity index (χ2n) is 5.57. The Kier molecular flexibility index (Phi) is 6.15. The Morgan fingerprint density at radius 2 is 2.10 bits per heavy atom. The van der Waals surface area contributed by atoms with Gasteiger partial charge in [0.1, 0.15) is 0 Å². The number of likely N-dealkylation sites (tertiary alicyclic amines) is 1. The average Bonchev–Trinajstić information content (AvgIpc) is 2.48. The van der Waals surface area contributed by atoms with Gasteiger partial charge in [-0.3, -0.25) is 0 Å². The van der Waals surface area contributed by atoms with Gasteiger partial charge in [-0.05, 0) is 44.1 Å². The SMILES string of the molecule is COc1cc(CNCC2CCCCN2C)cc(Cl)c1OC. The molecule has 21 heavy (non-hydrogen) atoms. The molecule has 0 amide bonds. The first-order valence-electron chi connectivity index (χ1n) is 7.47. The largest absolute Gasteiger partial charge is 0.493 e. The third kappa shape index (κ3) is 4.25. The first-order chi connectivity index (χ1) is 10.2. The summed E-state index contributed by atoms with van der Waals surface area (Å²) >= 11 is 6.22. The van der Waals surface area contributed by atoms with Crippen molar-refractivity contribution in [2.75, 3.05) is 34.4 Å². The predicted octanol–water partition coefficient (Wildman–Crippen LogP) is 2.93. The number of rotatable bonds is 6. The highest BCUT2D eigenvalue weighted by Gasteiger charge is 2.18. The Balaban J connectivity index is 1.92. The molecule has 1 atom stereocenters. The van der Waals surface area contributed by atoms with Gasteiger partial charge in [0.2, 0.25) is 0 Å². The number of likely N-dealkylation sites (N-methyl/N-ethyl adjacent to an activating group) is 1. The molecule has 1 unspecified atom stereocenters. The number of benzene rings is 1. The van der Waals surface area contributed by atoms with Crippen LogP contribution in [0, 0.1) is 0 Å². The van der Waals surface area contributed by atoms with Crippen LogP contribution in [0.15, 0.2) is 12.1 Å². The molecule has 0 bridgehead atoms. The van der Waals surface area contributed by atoms with Crippen LogP contribution in [-0.2, 0) is 6.54 Å². The van der Waals surface area contributed by atoms with Gasteiger partial charge in [-0.15, -0.1) is 0 Å². The van der Waals surface area contributed by atoms with Crippen LogP contribution in [0.5, 0.6) is 11.5 Å². The van der Waals surface area contributed by atoms with Crippen molar-refractivity contribution in [1.82, 2.24) is 10.2 Å². The fourth-order valence-corrected chi connectivity index (χ4v) is 3.17. The zero-order valence-corrected chi connectivity index (χ0v) is 13.9. The van der Waals surface area contributed by atoms with Gasteiger partial charge >= 0.3 is 0 Å². The molecule has 1 saturated heterocycles. The van der Waals surface area contributed by atoms with Gasteiger partial charge in [-0.25, -0.2) is 0 Å². The van der Waals surface area contributed by atoms with Crippen molar-refractivity contribution in [2.24, 2.45) is 0 Å². The third-order valence-electron chi connectivity index (χ3n) is 4.12. The summed E-state index contributed by atoms with van der Waals surface area (Å²) in [5.74, 6) is 1.27. The van der Waals surface area contributed by atoms with Crippen LogP contribution in [0.2, 0.25) is 5.02 Å². The molecule has 1 aromatic rings. The van der Waals surface area contributed by atoms with Crippen molar-refractivity contribution in [1.29, 1.82) is 0 Å². The Hall–Kier alpha value is -0.970. The maximum Gasteiger partial charge on any atom is 0.179 e. The molecular weight excluding hydrogens is 288 g/mol. The van der Waals surface area contributed by atoms with E-state index in [9.17, 15) is 0 Å². The average molecular weight is 313 g/mol. The fraction of sp³-hybridized carbons (Fsp3) is 0.625. The number of methoxy groups -OCH3 is 2. The normalized spacial score (nSPS) is 19.5.